The summed E-state index contributed by atoms with van der Waals surface area (Å²) in [6.07, 6.45) is 6.21. The average molecular weight is 155 g/mol. The van der Waals surface area contributed by atoms with Gasteiger partial charge in [-0.25, -0.2) is 0 Å². The van der Waals surface area contributed by atoms with Crippen LogP contribution in [-0.4, -0.2) is 11.8 Å². The second-order valence-corrected chi connectivity index (χ2v) is 3.19. The van der Waals surface area contributed by atoms with Gasteiger partial charge >= 0.3 is 0 Å². The van der Waals surface area contributed by atoms with E-state index in [0.29, 0.717) is 0 Å². The Morgan fingerprint density at radius 1 is 1.45 bits per heavy atom. The highest BCUT2D eigenvalue weighted by atomic mass is 16.6. The molecule has 0 radical (unpaired) electrons. The summed E-state index contributed by atoms with van der Waals surface area (Å²) in [5, 5.41) is 4.11. The van der Waals surface area contributed by atoms with E-state index in [-0.39, 0.29) is 6.10 Å². The van der Waals surface area contributed by atoms with Gasteiger partial charge in [0.1, 0.15) is 6.10 Å². The van der Waals surface area contributed by atoms with Gasteiger partial charge in [0.05, 0.1) is 5.71 Å². The van der Waals surface area contributed by atoms with Crippen LogP contribution in [0.5, 0.6) is 0 Å². The van der Waals surface area contributed by atoms with Crippen LogP contribution in [0.4, 0.5) is 0 Å². The van der Waals surface area contributed by atoms with Gasteiger partial charge in [0.25, 0.3) is 0 Å². The number of nitrogens with zero attached hydrogens (tertiary/aromatic N) is 1. The normalized spacial score (nSPS) is 20.0. The van der Waals surface area contributed by atoms with E-state index in [1.807, 2.05) is 0 Å². The molecule has 2 nitrogen and oxygen atoms in total. The predicted molar refractivity (Wildman–Crippen MR) is 46.7 cm³/mol. The summed E-state index contributed by atoms with van der Waals surface area (Å²) in [5.74, 6) is 0. The van der Waals surface area contributed by atoms with E-state index < -0.39 is 0 Å². The van der Waals surface area contributed by atoms with E-state index in [2.05, 4.69) is 19.0 Å². The lowest BCUT2D eigenvalue weighted by molar-refractivity contribution is 0.0693. The Labute approximate surface area is 68.6 Å². The molecular formula is C9H17NO. The topological polar surface area (TPSA) is 21.6 Å². The molecule has 0 aliphatic heterocycles. The minimum Gasteiger partial charge on any atom is -0.393 e. The first-order valence-corrected chi connectivity index (χ1v) is 4.54. The summed E-state index contributed by atoms with van der Waals surface area (Å²) in [6, 6.07) is 0. The van der Waals surface area contributed by atoms with Crippen LogP contribution in [0.3, 0.4) is 0 Å². The molecule has 1 aliphatic rings. The first-order chi connectivity index (χ1) is 5.33. The Morgan fingerprint density at radius 2 is 2.09 bits per heavy atom. The molecule has 1 unspecified atom stereocenters. The first-order valence-electron chi connectivity index (χ1n) is 4.54. The molecule has 2 heteroatoms. The zero-order valence-electron chi connectivity index (χ0n) is 7.47. The van der Waals surface area contributed by atoms with Gasteiger partial charge in [-0.2, -0.15) is 0 Å². The van der Waals surface area contributed by atoms with E-state index in [0.717, 1.165) is 19.3 Å². The van der Waals surface area contributed by atoms with Crippen molar-refractivity contribution in [2.75, 3.05) is 0 Å². The molecule has 0 saturated heterocycles. The molecule has 0 aromatic carbocycles. The summed E-state index contributed by atoms with van der Waals surface area (Å²) >= 11 is 0. The van der Waals surface area contributed by atoms with Gasteiger partial charge in [-0.05, 0) is 39.0 Å². The van der Waals surface area contributed by atoms with E-state index in [9.17, 15) is 0 Å². The third-order valence-corrected chi connectivity index (χ3v) is 2.12. The van der Waals surface area contributed by atoms with Crippen molar-refractivity contribution in [3.63, 3.8) is 0 Å². The molecular weight excluding hydrogens is 138 g/mol. The highest BCUT2D eigenvalue weighted by Crippen LogP contribution is 2.15. The van der Waals surface area contributed by atoms with Crippen molar-refractivity contribution in [1.29, 1.82) is 0 Å². The number of hydrogen-bond acceptors (Lipinski definition) is 2. The zero-order valence-corrected chi connectivity index (χ0v) is 7.47. The van der Waals surface area contributed by atoms with E-state index >= 15 is 0 Å². The van der Waals surface area contributed by atoms with Gasteiger partial charge in [-0.15, -0.1) is 0 Å². The van der Waals surface area contributed by atoms with Crippen LogP contribution in [0.1, 0.15) is 46.0 Å². The van der Waals surface area contributed by atoms with Gasteiger partial charge in [-0.3, -0.25) is 0 Å². The molecule has 11 heavy (non-hydrogen) atoms. The first kappa shape index (κ1) is 8.57. The molecule has 0 aromatic rings. The Hall–Kier alpha value is -0.530. The highest BCUT2D eigenvalue weighted by Gasteiger charge is 2.08. The molecule has 64 valence electrons. The predicted octanol–water partition coefficient (Wildman–Crippen LogP) is 2.73. The van der Waals surface area contributed by atoms with Gasteiger partial charge in [0.2, 0.25) is 0 Å². The summed E-state index contributed by atoms with van der Waals surface area (Å²) < 4.78 is 0. The van der Waals surface area contributed by atoms with Crippen LogP contribution in [-0.2, 0) is 4.84 Å². The molecule has 1 atom stereocenters. The summed E-state index contributed by atoms with van der Waals surface area (Å²) in [4.78, 5) is 5.26. The van der Waals surface area contributed by atoms with Gasteiger partial charge in [0, 0.05) is 0 Å². The van der Waals surface area contributed by atoms with Crippen molar-refractivity contribution in [1.82, 2.24) is 0 Å². The third kappa shape index (κ3) is 2.91. The fourth-order valence-electron chi connectivity index (χ4n) is 1.11. The maximum Gasteiger partial charge on any atom is 0.124 e. The van der Waals surface area contributed by atoms with Gasteiger partial charge in [0.15, 0.2) is 0 Å². The lowest BCUT2D eigenvalue weighted by Gasteiger charge is -2.05. The van der Waals surface area contributed by atoms with E-state index in [1.54, 1.807) is 0 Å². The molecule has 1 saturated carbocycles. The molecule has 0 spiro atoms. The monoisotopic (exact) mass is 155 g/mol. The molecule has 0 bridgehead atoms. The molecule has 0 N–H and O–H groups in total. The summed E-state index contributed by atoms with van der Waals surface area (Å²) in [6.45, 7) is 4.17. The zero-order chi connectivity index (χ0) is 8.10. The van der Waals surface area contributed by atoms with Gasteiger partial charge < -0.3 is 4.84 Å². The molecule has 0 aromatic heterocycles. The van der Waals surface area contributed by atoms with Crippen molar-refractivity contribution >= 4 is 5.71 Å². The largest absolute Gasteiger partial charge is 0.393 e. The third-order valence-electron chi connectivity index (χ3n) is 2.12. The van der Waals surface area contributed by atoms with Crippen LogP contribution in [0.25, 0.3) is 0 Å². The standard InChI is InChI=1S/C9H17NO/c1-3-8(2)11-10-9-6-4-5-7-9/h8H,3-7H2,1-2H3. The molecule has 0 heterocycles. The smallest absolute Gasteiger partial charge is 0.124 e. The van der Waals surface area contributed by atoms with Crippen LogP contribution in [0.15, 0.2) is 5.16 Å². The number of hydrogen-bond donors (Lipinski definition) is 0. The van der Waals surface area contributed by atoms with Crippen LogP contribution >= 0.6 is 0 Å². The van der Waals surface area contributed by atoms with E-state index in [4.69, 9.17) is 4.84 Å². The maximum atomic E-state index is 5.26. The Kier molecular flexibility index (Phi) is 3.40. The van der Waals surface area contributed by atoms with Crippen LogP contribution in [0, 0.1) is 0 Å². The highest BCUT2D eigenvalue weighted by molar-refractivity contribution is 5.85. The van der Waals surface area contributed by atoms with Crippen molar-refractivity contribution < 1.29 is 4.84 Å². The lowest BCUT2D eigenvalue weighted by atomic mass is 10.3. The SMILES string of the molecule is CCC(C)ON=C1CCCC1. The van der Waals surface area contributed by atoms with Crippen molar-refractivity contribution in [2.45, 2.75) is 52.1 Å². The fraction of sp³-hybridized carbons (Fsp3) is 0.889. The number of oxime groups is 1. The molecule has 1 aliphatic carbocycles. The minimum atomic E-state index is 0.281. The Morgan fingerprint density at radius 3 is 2.64 bits per heavy atom. The summed E-state index contributed by atoms with van der Waals surface area (Å²) in [7, 11) is 0. The van der Waals surface area contributed by atoms with E-state index in [1.165, 1.54) is 18.6 Å². The van der Waals surface area contributed by atoms with Crippen molar-refractivity contribution in [3.05, 3.63) is 0 Å². The molecule has 1 rings (SSSR count). The second kappa shape index (κ2) is 4.37. The molecule has 1 fully saturated rings. The van der Waals surface area contributed by atoms with Crippen molar-refractivity contribution in [3.8, 4) is 0 Å². The lowest BCUT2D eigenvalue weighted by Crippen LogP contribution is -2.03. The summed E-state index contributed by atoms with van der Waals surface area (Å²) in [5.41, 5.74) is 1.25. The van der Waals surface area contributed by atoms with Crippen LogP contribution in [0.2, 0.25) is 0 Å². The molecule has 0 amide bonds. The Bertz CT molecular complexity index is 134. The van der Waals surface area contributed by atoms with Gasteiger partial charge in [-0.1, -0.05) is 12.1 Å². The number of rotatable bonds is 3. The van der Waals surface area contributed by atoms with Crippen molar-refractivity contribution in [2.24, 2.45) is 5.16 Å². The van der Waals surface area contributed by atoms with Crippen LogP contribution < -0.4 is 0 Å². The minimum absolute atomic E-state index is 0.281. The maximum absolute atomic E-state index is 5.26. The second-order valence-electron chi connectivity index (χ2n) is 3.19. The quantitative estimate of drug-likeness (QED) is 0.574. The fourth-order valence-corrected chi connectivity index (χ4v) is 1.11. The Balaban J connectivity index is 2.22. The average Bonchev–Trinajstić information content (AvgIpc) is 2.52.